The van der Waals surface area contributed by atoms with Crippen LogP contribution in [-0.2, 0) is 16.4 Å². The normalized spacial score (nSPS) is 14.6. The van der Waals surface area contributed by atoms with E-state index in [1.807, 2.05) is 38.1 Å². The van der Waals surface area contributed by atoms with E-state index in [4.69, 9.17) is 4.74 Å². The van der Waals surface area contributed by atoms with E-state index >= 15 is 0 Å². The molecule has 0 spiro atoms. The summed E-state index contributed by atoms with van der Waals surface area (Å²) in [4.78, 5) is 0. The molecule has 9 heteroatoms. The molecule has 7 nitrogen and oxygen atoms in total. The minimum Gasteiger partial charge on any atom is -0.490 e. The van der Waals surface area contributed by atoms with E-state index < -0.39 is 10.0 Å². The summed E-state index contributed by atoms with van der Waals surface area (Å²) in [5.41, 5.74) is 4.64. The van der Waals surface area contributed by atoms with Crippen molar-refractivity contribution in [1.82, 2.24) is 10.2 Å². The van der Waals surface area contributed by atoms with Gasteiger partial charge >= 0.3 is 0 Å². The fraction of sp³-hybridized carbons (Fsp3) is 0.273. The van der Waals surface area contributed by atoms with Crippen molar-refractivity contribution < 1.29 is 13.2 Å². The zero-order valence-corrected chi connectivity index (χ0v) is 18.9. The molecule has 31 heavy (non-hydrogen) atoms. The van der Waals surface area contributed by atoms with Crippen molar-refractivity contribution >= 4 is 27.1 Å². The van der Waals surface area contributed by atoms with E-state index in [0.717, 1.165) is 33.5 Å². The van der Waals surface area contributed by atoms with Crippen molar-refractivity contribution in [2.75, 3.05) is 6.26 Å². The summed E-state index contributed by atoms with van der Waals surface area (Å²) in [7, 11) is -3.45. The topological polar surface area (TPSA) is 105 Å². The van der Waals surface area contributed by atoms with Crippen molar-refractivity contribution in [2.24, 2.45) is 4.40 Å². The van der Waals surface area contributed by atoms with E-state index in [1.165, 1.54) is 11.3 Å². The van der Waals surface area contributed by atoms with E-state index in [2.05, 4.69) is 20.7 Å². The maximum Gasteiger partial charge on any atom is 0.250 e. The quantitative estimate of drug-likeness (QED) is 0.574. The second-order valence-electron chi connectivity index (χ2n) is 7.50. The summed E-state index contributed by atoms with van der Waals surface area (Å²) < 4.78 is 32.8. The number of nitriles is 1. The van der Waals surface area contributed by atoms with Gasteiger partial charge < -0.3 is 4.74 Å². The van der Waals surface area contributed by atoms with Crippen molar-refractivity contribution in [3.8, 4) is 33.0 Å². The molecule has 4 rings (SSSR count). The first-order valence-electron chi connectivity index (χ1n) is 9.71. The van der Waals surface area contributed by atoms with Crippen LogP contribution in [0.15, 0.2) is 40.8 Å². The largest absolute Gasteiger partial charge is 0.490 e. The Kier molecular flexibility index (Phi) is 5.60. The summed E-state index contributed by atoms with van der Waals surface area (Å²) in [6.07, 6.45) is 2.36. The molecule has 0 saturated carbocycles. The van der Waals surface area contributed by atoms with Crippen molar-refractivity contribution in [1.29, 1.82) is 5.26 Å². The third-order valence-electron chi connectivity index (χ3n) is 4.74. The fourth-order valence-corrected chi connectivity index (χ4v) is 5.04. The van der Waals surface area contributed by atoms with Gasteiger partial charge in [0.15, 0.2) is 0 Å². The lowest BCUT2D eigenvalue weighted by Crippen LogP contribution is -2.06. The van der Waals surface area contributed by atoms with Crippen LogP contribution >= 0.6 is 11.3 Å². The molecule has 0 amide bonds. The highest BCUT2D eigenvalue weighted by atomic mass is 32.2. The molecule has 1 aromatic heterocycles. The van der Waals surface area contributed by atoms with Gasteiger partial charge in [0.1, 0.15) is 21.8 Å². The maximum atomic E-state index is 11.6. The molecular formula is C22H20N4O3S2. The van der Waals surface area contributed by atoms with Gasteiger partial charge in [-0.2, -0.15) is 9.66 Å². The van der Waals surface area contributed by atoms with E-state index in [0.29, 0.717) is 34.9 Å². The van der Waals surface area contributed by atoms with Gasteiger partial charge in [0.05, 0.1) is 23.6 Å². The van der Waals surface area contributed by atoms with Crippen LogP contribution in [-0.4, -0.2) is 36.7 Å². The summed E-state index contributed by atoms with van der Waals surface area (Å²) in [5.74, 6) is 0.546. The Morgan fingerprint density at radius 2 is 1.87 bits per heavy atom. The number of hydrogen-bond acceptors (Lipinski definition) is 7. The van der Waals surface area contributed by atoms with Crippen LogP contribution in [0, 0.1) is 11.3 Å². The molecule has 0 N–H and O–H groups in total. The van der Waals surface area contributed by atoms with Crippen LogP contribution in [0.2, 0.25) is 0 Å². The molecule has 1 aliphatic rings. The third-order valence-corrected chi connectivity index (χ3v) is 6.30. The third kappa shape index (κ3) is 4.50. The number of hydrogen-bond donors (Lipinski definition) is 0. The monoisotopic (exact) mass is 452 g/mol. The van der Waals surface area contributed by atoms with Crippen LogP contribution in [0.25, 0.3) is 21.1 Å². The Labute approximate surface area is 185 Å². The second kappa shape index (κ2) is 8.21. The van der Waals surface area contributed by atoms with Gasteiger partial charge in [-0.05, 0) is 50.5 Å². The van der Waals surface area contributed by atoms with Crippen LogP contribution in [0.4, 0.5) is 0 Å². The highest BCUT2D eigenvalue weighted by Crippen LogP contribution is 2.37. The van der Waals surface area contributed by atoms with Crippen molar-refractivity contribution in [3.63, 3.8) is 0 Å². The van der Waals surface area contributed by atoms with Gasteiger partial charge in [-0.25, -0.2) is 8.42 Å². The van der Waals surface area contributed by atoms with Gasteiger partial charge in [0.2, 0.25) is 10.0 Å². The minimum absolute atomic E-state index is 0.0256. The molecule has 1 aliphatic carbocycles. The van der Waals surface area contributed by atoms with Crippen LogP contribution in [0.3, 0.4) is 0 Å². The van der Waals surface area contributed by atoms with Gasteiger partial charge in [-0.15, -0.1) is 10.2 Å². The van der Waals surface area contributed by atoms with Crippen molar-refractivity contribution in [3.05, 3.63) is 53.1 Å². The van der Waals surface area contributed by atoms with Crippen LogP contribution < -0.4 is 4.74 Å². The Morgan fingerprint density at radius 3 is 2.58 bits per heavy atom. The standard InChI is InChI=1S/C22H20N4O3S2/c1-13(2)29-20-10-7-14(11-15(20)12-23)21-24-25-22(30-21)18-6-4-5-17-16(18)8-9-19(17)26-31(3,27)28/h4-7,10-11,13H,8-9H2,1-3H3. The van der Waals surface area contributed by atoms with Gasteiger partial charge in [0, 0.05) is 16.7 Å². The van der Waals surface area contributed by atoms with Crippen LogP contribution in [0.1, 0.15) is 37.0 Å². The summed E-state index contributed by atoms with van der Waals surface area (Å²) >= 11 is 1.43. The SMILES string of the molecule is CC(C)Oc1ccc(-c2nnc(-c3cccc4c3CCC4=NS(C)(=O)=O)s2)cc1C#N. The average Bonchev–Trinajstić information content (AvgIpc) is 3.34. The Hall–Kier alpha value is -3.09. The lowest BCUT2D eigenvalue weighted by atomic mass is 10.0. The highest BCUT2D eigenvalue weighted by molar-refractivity contribution is 7.89. The average molecular weight is 453 g/mol. The summed E-state index contributed by atoms with van der Waals surface area (Å²) in [6.45, 7) is 3.83. The van der Waals surface area contributed by atoms with Crippen LogP contribution in [0.5, 0.6) is 5.75 Å². The molecule has 0 bridgehead atoms. The zero-order valence-electron chi connectivity index (χ0n) is 17.3. The fourth-order valence-electron chi connectivity index (χ4n) is 3.56. The molecule has 0 fully saturated rings. The Morgan fingerprint density at radius 1 is 1.13 bits per heavy atom. The molecular weight excluding hydrogens is 432 g/mol. The first kappa shape index (κ1) is 21.2. The second-order valence-corrected chi connectivity index (χ2v) is 10.1. The number of aromatic nitrogens is 2. The predicted molar refractivity (Wildman–Crippen MR) is 121 cm³/mol. The summed E-state index contributed by atoms with van der Waals surface area (Å²) in [6, 6.07) is 13.3. The smallest absolute Gasteiger partial charge is 0.250 e. The Bertz CT molecular complexity index is 1340. The molecule has 0 saturated heterocycles. The molecule has 158 valence electrons. The number of benzene rings is 2. The Balaban J connectivity index is 1.70. The van der Waals surface area contributed by atoms with Gasteiger partial charge in [-0.1, -0.05) is 29.5 Å². The van der Waals surface area contributed by atoms with E-state index in [-0.39, 0.29) is 6.10 Å². The van der Waals surface area contributed by atoms with E-state index in [1.54, 1.807) is 12.1 Å². The van der Waals surface area contributed by atoms with Gasteiger partial charge in [0.25, 0.3) is 0 Å². The minimum atomic E-state index is -3.45. The summed E-state index contributed by atoms with van der Waals surface area (Å²) in [5, 5.41) is 19.6. The molecule has 2 aromatic carbocycles. The lowest BCUT2D eigenvalue weighted by molar-refractivity contribution is 0.242. The number of fused-ring (bicyclic) bond motifs is 1. The first-order chi connectivity index (χ1) is 14.7. The molecule has 1 heterocycles. The molecule has 0 aliphatic heterocycles. The molecule has 0 unspecified atom stereocenters. The number of rotatable bonds is 5. The molecule has 0 radical (unpaired) electrons. The molecule has 0 atom stereocenters. The van der Waals surface area contributed by atoms with Crippen molar-refractivity contribution in [2.45, 2.75) is 32.8 Å². The predicted octanol–water partition coefficient (Wildman–Crippen LogP) is 4.23. The highest BCUT2D eigenvalue weighted by Gasteiger charge is 2.24. The van der Waals surface area contributed by atoms with Gasteiger partial charge in [-0.3, -0.25) is 0 Å². The van der Waals surface area contributed by atoms with E-state index in [9.17, 15) is 13.7 Å². The maximum absolute atomic E-state index is 11.6. The molecule has 3 aromatic rings. The number of nitrogens with zero attached hydrogens (tertiary/aromatic N) is 4. The number of sulfonamides is 1. The first-order valence-corrected chi connectivity index (χ1v) is 12.4. The number of ether oxygens (including phenoxy) is 1. The zero-order chi connectivity index (χ0) is 22.2. The lowest BCUT2D eigenvalue weighted by Gasteiger charge is -2.11.